The Morgan fingerprint density at radius 3 is 1.26 bits per heavy atom. The van der Waals surface area contributed by atoms with Gasteiger partial charge in [0.2, 0.25) is 0 Å². The molecular weight excluding hydrogens is 691 g/mol. The summed E-state index contributed by atoms with van der Waals surface area (Å²) in [4.78, 5) is 0. The summed E-state index contributed by atoms with van der Waals surface area (Å²) in [6.07, 6.45) is 0. The van der Waals surface area contributed by atoms with Crippen LogP contribution in [-0.4, -0.2) is 13.7 Å². The molecule has 12 aromatic rings. The van der Waals surface area contributed by atoms with E-state index in [2.05, 4.69) is 226 Å². The fraction of sp³-hybridized carbons (Fsp3) is 0. The second kappa shape index (κ2) is 12.5. The Labute approximate surface area is 329 Å². The minimum Gasteiger partial charge on any atom is -0.309 e. The number of aromatic nitrogens is 3. The second-order valence-electron chi connectivity index (χ2n) is 14.9. The zero-order valence-electron chi connectivity index (χ0n) is 31.0. The van der Waals surface area contributed by atoms with Gasteiger partial charge in [-0.15, -0.1) is 0 Å². The Morgan fingerprint density at radius 2 is 0.667 bits per heavy atom. The van der Waals surface area contributed by atoms with E-state index in [1.54, 1.807) is 0 Å². The number of para-hydroxylation sites is 6. The van der Waals surface area contributed by atoms with Crippen LogP contribution in [0.2, 0.25) is 0 Å². The summed E-state index contributed by atoms with van der Waals surface area (Å²) in [7, 11) is 0. The lowest BCUT2D eigenvalue weighted by Crippen LogP contribution is -1.98. The number of hydrogen-bond acceptors (Lipinski definition) is 0. The molecule has 0 fully saturated rings. The molecule has 12 rings (SSSR count). The van der Waals surface area contributed by atoms with Crippen LogP contribution in [0.1, 0.15) is 0 Å². The first kappa shape index (κ1) is 31.7. The number of benzene rings is 9. The molecule has 3 heteroatoms. The first-order valence-corrected chi connectivity index (χ1v) is 19.6. The minimum absolute atomic E-state index is 1.16. The van der Waals surface area contributed by atoms with Gasteiger partial charge in [-0.3, -0.25) is 0 Å². The van der Waals surface area contributed by atoms with E-state index < -0.39 is 0 Å². The van der Waals surface area contributed by atoms with Crippen LogP contribution >= 0.6 is 0 Å². The molecule has 0 bridgehead atoms. The summed E-state index contributed by atoms with van der Waals surface area (Å²) in [5, 5.41) is 7.53. The Balaban J connectivity index is 1.13. The van der Waals surface area contributed by atoms with E-state index >= 15 is 0 Å². The van der Waals surface area contributed by atoms with Gasteiger partial charge in [-0.05, 0) is 77.9 Å². The largest absolute Gasteiger partial charge is 0.309 e. The summed E-state index contributed by atoms with van der Waals surface area (Å²) in [5.41, 5.74) is 15.5. The molecular formula is C54H35N3. The van der Waals surface area contributed by atoms with Crippen LogP contribution in [0, 0.1) is 0 Å². The molecule has 0 radical (unpaired) electrons. The molecule has 0 aliphatic rings. The van der Waals surface area contributed by atoms with Crippen molar-refractivity contribution in [2.45, 2.75) is 0 Å². The molecule has 0 aliphatic heterocycles. The van der Waals surface area contributed by atoms with Crippen molar-refractivity contribution in [3.05, 3.63) is 212 Å². The standard InChI is InChI=1S/C54H35N3/c1-3-17-36(18-4-1)39-21-7-12-26-45(39)56-48-29-15-10-24-42(48)53-51(56)33-34-52-54(53)43-25-11-16-30-49(43)57(52)46-27-13-8-22-40(46)37-31-32-50-44(35-37)41-23-9-14-28-47(41)55(50)38-19-5-2-6-20-38/h1-35H. The van der Waals surface area contributed by atoms with Gasteiger partial charge in [0.1, 0.15) is 0 Å². The van der Waals surface area contributed by atoms with Gasteiger partial charge in [-0.1, -0.05) is 146 Å². The molecule has 9 aromatic carbocycles. The van der Waals surface area contributed by atoms with Crippen molar-refractivity contribution in [2.75, 3.05) is 0 Å². The average Bonchev–Trinajstić information content (AvgIpc) is 3.92. The molecule has 3 aromatic heterocycles. The van der Waals surface area contributed by atoms with Gasteiger partial charge in [0, 0.05) is 49.1 Å². The zero-order valence-corrected chi connectivity index (χ0v) is 31.0. The van der Waals surface area contributed by atoms with Gasteiger partial charge in [0.15, 0.2) is 0 Å². The molecule has 0 spiro atoms. The number of nitrogens with zero attached hydrogens (tertiary/aromatic N) is 3. The summed E-state index contributed by atoms with van der Waals surface area (Å²) in [6.45, 7) is 0. The van der Waals surface area contributed by atoms with Crippen LogP contribution in [0.25, 0.3) is 105 Å². The van der Waals surface area contributed by atoms with Gasteiger partial charge >= 0.3 is 0 Å². The maximum Gasteiger partial charge on any atom is 0.0549 e. The molecule has 3 nitrogen and oxygen atoms in total. The highest BCUT2D eigenvalue weighted by Crippen LogP contribution is 2.45. The highest BCUT2D eigenvalue weighted by atomic mass is 15.0. The highest BCUT2D eigenvalue weighted by Gasteiger charge is 2.23. The highest BCUT2D eigenvalue weighted by molar-refractivity contribution is 6.29. The van der Waals surface area contributed by atoms with E-state index in [1.807, 2.05) is 0 Å². The third-order valence-electron chi connectivity index (χ3n) is 11.8. The van der Waals surface area contributed by atoms with Crippen LogP contribution in [0.3, 0.4) is 0 Å². The van der Waals surface area contributed by atoms with Crippen molar-refractivity contribution < 1.29 is 0 Å². The zero-order chi connectivity index (χ0) is 37.5. The maximum absolute atomic E-state index is 2.49. The monoisotopic (exact) mass is 725 g/mol. The number of rotatable bonds is 5. The lowest BCUT2D eigenvalue weighted by molar-refractivity contribution is 1.17. The quantitative estimate of drug-likeness (QED) is 0.168. The lowest BCUT2D eigenvalue weighted by atomic mass is 10.0. The molecule has 0 N–H and O–H groups in total. The maximum atomic E-state index is 2.49. The first-order chi connectivity index (χ1) is 28.3. The van der Waals surface area contributed by atoms with E-state index in [-0.39, 0.29) is 0 Å². The molecule has 0 saturated carbocycles. The van der Waals surface area contributed by atoms with Gasteiger partial charge in [0.05, 0.1) is 44.5 Å². The summed E-state index contributed by atoms with van der Waals surface area (Å²) in [6, 6.07) is 77.3. The van der Waals surface area contributed by atoms with Crippen molar-refractivity contribution in [2.24, 2.45) is 0 Å². The molecule has 0 unspecified atom stereocenters. The van der Waals surface area contributed by atoms with Crippen molar-refractivity contribution in [3.63, 3.8) is 0 Å². The summed E-state index contributed by atoms with van der Waals surface area (Å²) < 4.78 is 7.34. The van der Waals surface area contributed by atoms with E-state index in [0.717, 1.165) is 5.69 Å². The predicted octanol–water partition coefficient (Wildman–Crippen LogP) is 14.3. The normalized spacial score (nSPS) is 11.9. The van der Waals surface area contributed by atoms with Crippen molar-refractivity contribution >= 4 is 65.4 Å². The molecule has 0 saturated heterocycles. The van der Waals surface area contributed by atoms with Gasteiger partial charge in [0.25, 0.3) is 0 Å². The van der Waals surface area contributed by atoms with Crippen molar-refractivity contribution in [3.8, 4) is 39.3 Å². The Bertz CT molecular complexity index is 3510. The third-order valence-corrected chi connectivity index (χ3v) is 11.8. The van der Waals surface area contributed by atoms with Crippen molar-refractivity contribution in [1.82, 2.24) is 13.7 Å². The average molecular weight is 726 g/mol. The smallest absolute Gasteiger partial charge is 0.0549 e. The molecule has 0 aliphatic carbocycles. The van der Waals surface area contributed by atoms with Crippen LogP contribution in [-0.2, 0) is 0 Å². The van der Waals surface area contributed by atoms with Crippen LogP contribution < -0.4 is 0 Å². The first-order valence-electron chi connectivity index (χ1n) is 19.6. The minimum atomic E-state index is 1.16. The molecule has 0 atom stereocenters. The van der Waals surface area contributed by atoms with Crippen molar-refractivity contribution in [1.29, 1.82) is 0 Å². The molecule has 3 heterocycles. The van der Waals surface area contributed by atoms with Gasteiger partial charge in [-0.25, -0.2) is 0 Å². The van der Waals surface area contributed by atoms with Gasteiger partial charge in [-0.2, -0.15) is 0 Å². The molecule has 266 valence electrons. The van der Waals surface area contributed by atoms with Crippen LogP contribution in [0.15, 0.2) is 212 Å². The van der Waals surface area contributed by atoms with E-state index in [1.165, 1.54) is 99.0 Å². The number of hydrogen-bond donors (Lipinski definition) is 0. The van der Waals surface area contributed by atoms with E-state index in [0.29, 0.717) is 0 Å². The topological polar surface area (TPSA) is 14.8 Å². The number of fused-ring (bicyclic) bond motifs is 10. The Kier molecular flexibility index (Phi) is 6.93. The summed E-state index contributed by atoms with van der Waals surface area (Å²) >= 11 is 0. The fourth-order valence-electron chi connectivity index (χ4n) is 9.48. The second-order valence-corrected chi connectivity index (χ2v) is 14.9. The lowest BCUT2D eigenvalue weighted by Gasteiger charge is -2.15. The molecule has 0 amide bonds. The SMILES string of the molecule is c1ccc(-c2ccccc2-n2c3ccccc3c3c4c5ccccc5n(-c5ccccc5-c5ccc6c(c5)c5ccccc5n6-c5ccccc5)c4ccc32)cc1. The Morgan fingerprint density at radius 1 is 0.246 bits per heavy atom. The van der Waals surface area contributed by atoms with E-state index in [9.17, 15) is 0 Å². The van der Waals surface area contributed by atoms with Crippen LogP contribution in [0.4, 0.5) is 0 Å². The van der Waals surface area contributed by atoms with Crippen LogP contribution in [0.5, 0.6) is 0 Å². The fourth-order valence-corrected chi connectivity index (χ4v) is 9.48. The third kappa shape index (κ3) is 4.66. The molecule has 57 heavy (non-hydrogen) atoms. The Hall–Kier alpha value is -7.62. The van der Waals surface area contributed by atoms with Gasteiger partial charge < -0.3 is 13.7 Å². The van der Waals surface area contributed by atoms with E-state index in [4.69, 9.17) is 0 Å². The summed E-state index contributed by atoms with van der Waals surface area (Å²) in [5.74, 6) is 0. The predicted molar refractivity (Wildman–Crippen MR) is 240 cm³/mol.